The highest BCUT2D eigenvalue weighted by atomic mass is 19.4. The first kappa shape index (κ1) is 21.8. The smallest absolute Gasteiger partial charge is 0.429 e. The van der Waals surface area contributed by atoms with Crippen LogP contribution < -0.4 is 0 Å². The zero-order valence-corrected chi connectivity index (χ0v) is 12.2. The predicted molar refractivity (Wildman–Crippen MR) is 57.2 cm³/mol. The van der Waals surface area contributed by atoms with Gasteiger partial charge in [-0.05, 0) is 0 Å². The minimum absolute atomic E-state index is 0.194. The van der Waals surface area contributed by atoms with Gasteiger partial charge in [-0.15, -0.1) is 0 Å². The van der Waals surface area contributed by atoms with E-state index in [1.807, 2.05) is 0 Å². The number of ether oxygens (including phenoxy) is 2. The van der Waals surface area contributed by atoms with Gasteiger partial charge in [0.2, 0.25) is 0 Å². The molecule has 0 aromatic carbocycles. The maximum absolute atomic E-state index is 14.0. The van der Waals surface area contributed by atoms with Crippen molar-refractivity contribution in [2.75, 3.05) is 7.11 Å². The molecule has 0 bridgehead atoms. The largest absolute Gasteiger partial charge is 0.464 e. The molecule has 138 valence electrons. The van der Waals surface area contributed by atoms with Gasteiger partial charge in [0.05, 0.1) is 7.11 Å². The van der Waals surface area contributed by atoms with E-state index in [1.165, 1.54) is 0 Å². The Bertz CT molecular complexity index is 445. The van der Waals surface area contributed by atoms with E-state index in [2.05, 4.69) is 9.47 Å². The second kappa shape index (κ2) is 6.02. The molecule has 0 heterocycles. The standard InChI is InChI=1S/C11H13F9O3/c1-5(2)9(16,7(3,12)13)23-11(19,20)10(17,18)8(14,15)6(21)22-4/h5H,1-4H3. The molecule has 0 amide bonds. The molecule has 0 aliphatic heterocycles. The Morgan fingerprint density at radius 2 is 1.30 bits per heavy atom. The summed E-state index contributed by atoms with van der Waals surface area (Å²) in [7, 11) is 0.194. The van der Waals surface area contributed by atoms with Crippen LogP contribution in [0.25, 0.3) is 0 Å². The zero-order chi connectivity index (χ0) is 19.1. The van der Waals surface area contributed by atoms with E-state index >= 15 is 0 Å². The third kappa shape index (κ3) is 3.50. The van der Waals surface area contributed by atoms with Crippen molar-refractivity contribution in [2.24, 2.45) is 5.92 Å². The molecular weight excluding hydrogens is 351 g/mol. The lowest BCUT2D eigenvalue weighted by atomic mass is 9.98. The molecule has 0 aromatic heterocycles. The first-order chi connectivity index (χ1) is 9.88. The van der Waals surface area contributed by atoms with E-state index in [1.54, 1.807) is 0 Å². The molecule has 0 aliphatic rings. The van der Waals surface area contributed by atoms with Crippen molar-refractivity contribution in [1.29, 1.82) is 0 Å². The Labute approximate surface area is 124 Å². The second-order valence-electron chi connectivity index (χ2n) is 4.95. The van der Waals surface area contributed by atoms with Crippen molar-refractivity contribution < 1.29 is 53.8 Å². The normalized spacial score (nSPS) is 17.1. The number of alkyl halides is 9. The van der Waals surface area contributed by atoms with E-state index in [0.29, 0.717) is 13.8 Å². The molecular formula is C11H13F9O3. The summed E-state index contributed by atoms with van der Waals surface area (Å²) in [6.45, 7) is 0.883. The minimum atomic E-state index is -6.66. The summed E-state index contributed by atoms with van der Waals surface area (Å²) in [6.07, 6.45) is -6.46. The Kier molecular flexibility index (Phi) is 5.71. The number of hydrogen-bond donors (Lipinski definition) is 0. The van der Waals surface area contributed by atoms with Crippen LogP contribution in [-0.4, -0.2) is 42.8 Å². The highest BCUT2D eigenvalue weighted by molar-refractivity contribution is 5.79. The van der Waals surface area contributed by atoms with Crippen molar-refractivity contribution in [2.45, 2.75) is 50.5 Å². The SMILES string of the molecule is COC(=O)C(F)(F)C(F)(F)C(F)(F)OC(F)(C(C)C)C(C)(F)F. The number of carbonyl (C=O) groups excluding carboxylic acids is 1. The molecule has 0 spiro atoms. The highest BCUT2D eigenvalue weighted by Gasteiger charge is 2.79. The molecule has 0 saturated carbocycles. The van der Waals surface area contributed by atoms with Crippen LogP contribution in [0, 0.1) is 5.92 Å². The number of rotatable bonds is 7. The van der Waals surface area contributed by atoms with Crippen molar-refractivity contribution in [3.63, 3.8) is 0 Å². The molecule has 0 N–H and O–H groups in total. The molecule has 0 rings (SSSR count). The maximum atomic E-state index is 14.0. The van der Waals surface area contributed by atoms with Gasteiger partial charge in [0.15, 0.2) is 0 Å². The number of halogens is 9. The number of esters is 1. The van der Waals surface area contributed by atoms with Crippen LogP contribution in [-0.2, 0) is 14.3 Å². The predicted octanol–water partition coefficient (Wildman–Crippen LogP) is 4.02. The quantitative estimate of drug-likeness (QED) is 0.506. The maximum Gasteiger partial charge on any atom is 0.429 e. The van der Waals surface area contributed by atoms with Crippen LogP contribution in [0.15, 0.2) is 0 Å². The van der Waals surface area contributed by atoms with E-state index in [4.69, 9.17) is 0 Å². The van der Waals surface area contributed by atoms with Gasteiger partial charge < -0.3 is 4.74 Å². The lowest BCUT2D eigenvalue weighted by Crippen LogP contribution is -2.63. The van der Waals surface area contributed by atoms with E-state index in [9.17, 15) is 44.3 Å². The van der Waals surface area contributed by atoms with Crippen LogP contribution in [0.2, 0.25) is 0 Å². The molecule has 1 unspecified atom stereocenters. The average molecular weight is 364 g/mol. The molecule has 0 aliphatic carbocycles. The van der Waals surface area contributed by atoms with E-state index < -0.39 is 41.6 Å². The molecule has 23 heavy (non-hydrogen) atoms. The Hall–Kier alpha value is -1.20. The molecule has 1 atom stereocenters. The van der Waals surface area contributed by atoms with Gasteiger partial charge in [0, 0.05) is 12.8 Å². The van der Waals surface area contributed by atoms with Crippen molar-refractivity contribution in [3.05, 3.63) is 0 Å². The van der Waals surface area contributed by atoms with Gasteiger partial charge in [0.1, 0.15) is 0 Å². The topological polar surface area (TPSA) is 35.5 Å². The lowest BCUT2D eigenvalue weighted by Gasteiger charge is -2.39. The molecule has 12 heteroatoms. The van der Waals surface area contributed by atoms with Gasteiger partial charge in [-0.25, -0.2) is 18.0 Å². The number of hydrogen-bond acceptors (Lipinski definition) is 3. The summed E-state index contributed by atoms with van der Waals surface area (Å²) in [5, 5.41) is 0. The fourth-order valence-electron chi connectivity index (χ4n) is 1.40. The minimum Gasteiger partial charge on any atom is -0.464 e. The fourth-order valence-corrected chi connectivity index (χ4v) is 1.40. The molecule has 0 aromatic rings. The number of carbonyl (C=O) groups is 1. The lowest BCUT2D eigenvalue weighted by molar-refractivity contribution is -0.460. The van der Waals surface area contributed by atoms with Gasteiger partial charge in [-0.3, -0.25) is 4.74 Å². The summed E-state index contributed by atoms with van der Waals surface area (Å²) >= 11 is 0. The summed E-state index contributed by atoms with van der Waals surface area (Å²) in [6, 6.07) is 0. The summed E-state index contributed by atoms with van der Waals surface area (Å²) in [4.78, 5) is 10.5. The zero-order valence-electron chi connectivity index (χ0n) is 12.2. The van der Waals surface area contributed by atoms with Crippen LogP contribution in [0.5, 0.6) is 0 Å². The Morgan fingerprint density at radius 1 is 0.913 bits per heavy atom. The van der Waals surface area contributed by atoms with Crippen molar-refractivity contribution >= 4 is 5.97 Å². The van der Waals surface area contributed by atoms with E-state index in [-0.39, 0.29) is 14.0 Å². The van der Waals surface area contributed by atoms with Gasteiger partial charge in [-0.1, -0.05) is 13.8 Å². The monoisotopic (exact) mass is 364 g/mol. The highest BCUT2D eigenvalue weighted by Crippen LogP contribution is 2.52. The van der Waals surface area contributed by atoms with Crippen molar-refractivity contribution in [1.82, 2.24) is 0 Å². The number of methoxy groups -OCH3 is 1. The summed E-state index contributed by atoms with van der Waals surface area (Å²) < 4.78 is 126. The van der Waals surface area contributed by atoms with Gasteiger partial charge in [-0.2, -0.15) is 26.3 Å². The molecule has 0 saturated heterocycles. The fraction of sp³-hybridized carbons (Fsp3) is 0.909. The van der Waals surface area contributed by atoms with Gasteiger partial charge in [0.25, 0.3) is 5.85 Å². The Balaban J connectivity index is 5.93. The van der Waals surface area contributed by atoms with Crippen LogP contribution >= 0.6 is 0 Å². The van der Waals surface area contributed by atoms with Gasteiger partial charge >= 0.3 is 29.8 Å². The second-order valence-corrected chi connectivity index (χ2v) is 4.95. The van der Waals surface area contributed by atoms with Crippen LogP contribution in [0.1, 0.15) is 20.8 Å². The summed E-state index contributed by atoms with van der Waals surface area (Å²) in [5.74, 6) is -27.5. The van der Waals surface area contributed by atoms with Crippen LogP contribution in [0.3, 0.4) is 0 Å². The third-order valence-corrected chi connectivity index (χ3v) is 2.82. The molecule has 3 nitrogen and oxygen atoms in total. The average Bonchev–Trinajstić information content (AvgIpc) is 2.34. The molecule has 0 fully saturated rings. The first-order valence-electron chi connectivity index (χ1n) is 5.87. The Morgan fingerprint density at radius 3 is 1.57 bits per heavy atom. The molecule has 0 radical (unpaired) electrons. The van der Waals surface area contributed by atoms with E-state index in [0.717, 1.165) is 0 Å². The third-order valence-electron chi connectivity index (χ3n) is 2.82. The van der Waals surface area contributed by atoms with Crippen molar-refractivity contribution in [3.8, 4) is 0 Å². The summed E-state index contributed by atoms with van der Waals surface area (Å²) in [5.41, 5.74) is 0. The first-order valence-corrected chi connectivity index (χ1v) is 5.87. The van der Waals surface area contributed by atoms with Crippen LogP contribution in [0.4, 0.5) is 39.5 Å².